The molecule has 4 rings (SSSR count). The van der Waals surface area contributed by atoms with Crippen LogP contribution in [-0.2, 0) is 28.5 Å². The van der Waals surface area contributed by atoms with Gasteiger partial charge in [0.1, 0.15) is 39.2 Å². The maximum Gasteiger partial charge on any atom is 0.411 e. The molecule has 2 aliphatic rings. The van der Waals surface area contributed by atoms with Crippen LogP contribution in [0.1, 0.15) is 49.0 Å². The molecule has 0 bridgehead atoms. The van der Waals surface area contributed by atoms with E-state index in [4.69, 9.17) is 53.0 Å². The molecule has 2 atom stereocenters. The van der Waals surface area contributed by atoms with E-state index in [2.05, 4.69) is 15.3 Å². The molecule has 2 aromatic heterocycles. The number of halogens is 2. The number of nitrogens with one attached hydrogen (secondary N) is 1. The van der Waals surface area contributed by atoms with Gasteiger partial charge in [-0.15, -0.1) is 0 Å². The van der Waals surface area contributed by atoms with Crippen LogP contribution in [0.2, 0.25) is 10.3 Å². The van der Waals surface area contributed by atoms with Gasteiger partial charge in [-0.3, -0.25) is 14.6 Å². The number of anilines is 2. The number of morpholine rings is 2. The van der Waals surface area contributed by atoms with Gasteiger partial charge in [0, 0.05) is 13.1 Å². The van der Waals surface area contributed by atoms with Crippen molar-refractivity contribution in [3.8, 4) is 0 Å². The van der Waals surface area contributed by atoms with Gasteiger partial charge < -0.3 is 35.1 Å². The second-order valence-corrected chi connectivity index (χ2v) is 12.9. The van der Waals surface area contributed by atoms with Crippen molar-refractivity contribution < 1.29 is 43.2 Å². The number of hydrogen-bond donors (Lipinski definition) is 3. The molecule has 17 heteroatoms. The SMILES string of the molecule is C.CC(C)(C)OC(=O)N1CCOC[C@H]1C(=O)Nc1cccc(Cl)n1.CC(C)(C)OC(=O)N1CCOC[C@H]1C(=O)O.Nc1cccc(Cl)n1. The highest BCUT2D eigenvalue weighted by molar-refractivity contribution is 6.29. The Balaban J connectivity index is 0.000000398. The monoisotopic (exact) mass is 716 g/mol. The number of carbonyl (C=O) groups excluding carboxylic acids is 3. The number of pyridine rings is 2. The third kappa shape index (κ3) is 15.3. The standard InChI is InChI=1S/C15H20ClN3O4.C10H17NO5.C5H5ClN2.CH4/c1-15(2,3)23-14(21)19-7-8-22-9-10(19)13(20)18-12-6-4-5-11(16)17-12;1-10(2,3)16-9(14)11-4-5-15-6-7(11)8(12)13;6-4-2-1-3-5(7)8-4;/h4-6,10H,7-9H2,1-3H3,(H,17,18,20);7H,4-6H2,1-3H3,(H,12,13);1-3H,(H2,7,8);1H4/t10-;7-;;/m00../s1. The van der Waals surface area contributed by atoms with Crippen molar-refractivity contribution in [2.75, 3.05) is 50.6 Å². The molecule has 0 unspecified atom stereocenters. The summed E-state index contributed by atoms with van der Waals surface area (Å²) >= 11 is 11.2. The highest BCUT2D eigenvalue weighted by atomic mass is 35.5. The Kier molecular flexibility index (Phi) is 16.8. The number of carbonyl (C=O) groups is 4. The van der Waals surface area contributed by atoms with Crippen molar-refractivity contribution in [3.63, 3.8) is 0 Å². The van der Waals surface area contributed by atoms with E-state index in [0.29, 0.717) is 30.0 Å². The number of aromatic nitrogens is 2. The van der Waals surface area contributed by atoms with E-state index in [1.165, 1.54) is 9.80 Å². The number of nitrogen functional groups attached to an aromatic ring is 1. The summed E-state index contributed by atoms with van der Waals surface area (Å²) in [5.41, 5.74) is 4.00. The summed E-state index contributed by atoms with van der Waals surface area (Å²) in [6, 6.07) is 8.28. The molecule has 48 heavy (non-hydrogen) atoms. The van der Waals surface area contributed by atoms with E-state index in [1.54, 1.807) is 77.9 Å². The van der Waals surface area contributed by atoms with E-state index >= 15 is 0 Å². The second kappa shape index (κ2) is 19.2. The quantitative estimate of drug-likeness (QED) is 0.361. The summed E-state index contributed by atoms with van der Waals surface area (Å²) in [5, 5.41) is 12.3. The fourth-order valence-electron chi connectivity index (χ4n) is 3.82. The molecular formula is C31H46Cl2N6O9. The summed E-state index contributed by atoms with van der Waals surface area (Å²) in [7, 11) is 0. The molecule has 15 nitrogen and oxygen atoms in total. The van der Waals surface area contributed by atoms with Gasteiger partial charge in [-0.2, -0.15) is 0 Å². The van der Waals surface area contributed by atoms with Crippen LogP contribution >= 0.6 is 23.2 Å². The molecule has 0 aliphatic carbocycles. The Morgan fingerprint density at radius 2 is 1.29 bits per heavy atom. The first-order valence-electron chi connectivity index (χ1n) is 14.6. The molecule has 2 saturated heterocycles. The van der Waals surface area contributed by atoms with Gasteiger partial charge in [0.25, 0.3) is 5.91 Å². The molecule has 2 aliphatic heterocycles. The predicted molar refractivity (Wildman–Crippen MR) is 181 cm³/mol. The van der Waals surface area contributed by atoms with Crippen molar-refractivity contribution in [1.29, 1.82) is 0 Å². The zero-order chi connectivity index (χ0) is 35.4. The maximum atomic E-state index is 12.4. The number of hydrogen-bond acceptors (Lipinski definition) is 11. The molecule has 2 aromatic rings. The fraction of sp³-hybridized carbons (Fsp3) is 0.548. The van der Waals surface area contributed by atoms with Crippen molar-refractivity contribution >= 4 is 58.9 Å². The zero-order valence-electron chi connectivity index (χ0n) is 27.2. The minimum atomic E-state index is -1.08. The number of aliphatic carboxylic acids is 1. The van der Waals surface area contributed by atoms with Gasteiger partial charge in [-0.25, -0.2) is 24.4 Å². The molecule has 0 spiro atoms. The van der Waals surface area contributed by atoms with Crippen LogP contribution in [0, 0.1) is 0 Å². The van der Waals surface area contributed by atoms with Crippen LogP contribution in [0.4, 0.5) is 21.2 Å². The highest BCUT2D eigenvalue weighted by Crippen LogP contribution is 2.17. The fourth-order valence-corrected chi connectivity index (χ4v) is 4.15. The molecule has 4 heterocycles. The summed E-state index contributed by atoms with van der Waals surface area (Å²) in [5.74, 6) is -0.703. The normalized spacial score (nSPS) is 17.6. The number of rotatable bonds is 3. The van der Waals surface area contributed by atoms with Crippen LogP contribution < -0.4 is 11.1 Å². The van der Waals surface area contributed by atoms with Crippen molar-refractivity contribution in [2.24, 2.45) is 0 Å². The van der Waals surface area contributed by atoms with Gasteiger partial charge >= 0.3 is 18.2 Å². The first-order valence-corrected chi connectivity index (χ1v) is 15.3. The Bertz CT molecular complexity index is 1350. The van der Waals surface area contributed by atoms with Crippen molar-refractivity contribution in [2.45, 2.75) is 72.3 Å². The largest absolute Gasteiger partial charge is 0.480 e. The number of carboxylic acid groups (broad SMARTS) is 1. The number of amides is 3. The Labute approximate surface area is 291 Å². The minimum absolute atomic E-state index is 0. The van der Waals surface area contributed by atoms with E-state index in [0.717, 1.165) is 0 Å². The lowest BCUT2D eigenvalue weighted by atomic mass is 10.2. The van der Waals surface area contributed by atoms with Crippen LogP contribution in [0.15, 0.2) is 36.4 Å². The number of nitrogens with zero attached hydrogens (tertiary/aromatic N) is 4. The van der Waals surface area contributed by atoms with Crippen LogP contribution in [0.5, 0.6) is 0 Å². The second-order valence-electron chi connectivity index (χ2n) is 12.1. The number of carboxylic acids is 1. The molecule has 268 valence electrons. The Hall–Kier alpha value is -3.92. The van der Waals surface area contributed by atoms with E-state index in [-0.39, 0.29) is 38.9 Å². The van der Waals surface area contributed by atoms with E-state index in [1.807, 2.05) is 0 Å². The highest BCUT2D eigenvalue weighted by Gasteiger charge is 2.36. The first-order chi connectivity index (χ1) is 21.9. The molecule has 2 fully saturated rings. The van der Waals surface area contributed by atoms with E-state index < -0.39 is 47.3 Å². The average Bonchev–Trinajstić information content (AvgIpc) is 2.96. The van der Waals surface area contributed by atoms with Crippen LogP contribution in [0.3, 0.4) is 0 Å². The van der Waals surface area contributed by atoms with Gasteiger partial charge in [0.15, 0.2) is 6.04 Å². The molecule has 0 radical (unpaired) electrons. The number of ether oxygens (including phenoxy) is 4. The average molecular weight is 718 g/mol. The first kappa shape index (κ1) is 42.1. The minimum Gasteiger partial charge on any atom is -0.480 e. The van der Waals surface area contributed by atoms with Gasteiger partial charge in [-0.1, -0.05) is 42.8 Å². The molecule has 3 amide bonds. The summed E-state index contributed by atoms with van der Waals surface area (Å²) < 4.78 is 20.8. The summed E-state index contributed by atoms with van der Waals surface area (Å²) in [6.07, 6.45) is -1.15. The van der Waals surface area contributed by atoms with Crippen molar-refractivity contribution in [3.05, 3.63) is 46.7 Å². The Morgan fingerprint density at radius 3 is 1.71 bits per heavy atom. The van der Waals surface area contributed by atoms with Crippen molar-refractivity contribution in [1.82, 2.24) is 19.8 Å². The van der Waals surface area contributed by atoms with Gasteiger partial charge in [-0.05, 0) is 65.8 Å². The van der Waals surface area contributed by atoms with Crippen LogP contribution in [-0.4, -0.2) is 112 Å². The molecule has 4 N–H and O–H groups in total. The topological polar surface area (TPSA) is 196 Å². The molecule has 0 aromatic carbocycles. The predicted octanol–water partition coefficient (Wildman–Crippen LogP) is 4.97. The third-order valence-electron chi connectivity index (χ3n) is 5.80. The van der Waals surface area contributed by atoms with Crippen LogP contribution in [0.25, 0.3) is 0 Å². The van der Waals surface area contributed by atoms with Gasteiger partial charge in [0.05, 0.1) is 26.4 Å². The molecular weight excluding hydrogens is 671 g/mol. The summed E-state index contributed by atoms with van der Waals surface area (Å²) in [6.45, 7) is 11.9. The maximum absolute atomic E-state index is 12.4. The third-order valence-corrected chi connectivity index (χ3v) is 6.22. The Morgan fingerprint density at radius 1 is 0.833 bits per heavy atom. The summed E-state index contributed by atoms with van der Waals surface area (Å²) in [4.78, 5) is 57.6. The lowest BCUT2D eigenvalue weighted by Gasteiger charge is -2.35. The smallest absolute Gasteiger partial charge is 0.411 e. The zero-order valence-corrected chi connectivity index (χ0v) is 28.7. The molecule has 0 saturated carbocycles. The lowest BCUT2D eigenvalue weighted by Crippen LogP contribution is -2.55. The van der Waals surface area contributed by atoms with Gasteiger partial charge in [0.2, 0.25) is 0 Å². The van der Waals surface area contributed by atoms with E-state index in [9.17, 15) is 19.2 Å². The lowest BCUT2D eigenvalue weighted by molar-refractivity contribution is -0.149. The number of nitrogens with two attached hydrogens (primary N) is 1.